The van der Waals surface area contributed by atoms with Crippen molar-refractivity contribution < 1.29 is 9.47 Å². The van der Waals surface area contributed by atoms with Gasteiger partial charge in [-0.25, -0.2) is 4.68 Å². The summed E-state index contributed by atoms with van der Waals surface area (Å²) in [5.74, 6) is 0. The molecule has 6 nitrogen and oxygen atoms in total. The smallest absolute Gasteiger partial charge is 0.0967 e. The Morgan fingerprint density at radius 2 is 2.05 bits per heavy atom. The van der Waals surface area contributed by atoms with Crippen LogP contribution < -0.4 is 0 Å². The highest BCUT2D eigenvalue weighted by Gasteiger charge is 2.20. The Morgan fingerprint density at radius 1 is 1.30 bits per heavy atom. The summed E-state index contributed by atoms with van der Waals surface area (Å²) in [7, 11) is 1.70. The van der Waals surface area contributed by atoms with Crippen molar-refractivity contribution >= 4 is 0 Å². The maximum absolute atomic E-state index is 5.77. The number of hydrogen-bond donors (Lipinski definition) is 0. The third kappa shape index (κ3) is 4.54. The summed E-state index contributed by atoms with van der Waals surface area (Å²) in [5.41, 5.74) is 1.05. The van der Waals surface area contributed by atoms with Gasteiger partial charge in [-0.15, -0.1) is 5.10 Å². The number of rotatable bonds is 7. The second-order valence-corrected chi connectivity index (χ2v) is 5.62. The first-order chi connectivity index (χ1) is 9.69. The number of hydrogen-bond acceptors (Lipinski definition) is 5. The lowest BCUT2D eigenvalue weighted by molar-refractivity contribution is -0.0159. The molecule has 1 aromatic heterocycles. The van der Waals surface area contributed by atoms with Crippen LogP contribution in [0, 0.1) is 0 Å². The molecule has 0 aliphatic carbocycles. The SMILES string of the molecule is COCCOC1CCN(Cc2cn(C(C)C)nn2)CC1. The van der Waals surface area contributed by atoms with Crippen LogP contribution in [0.25, 0.3) is 0 Å². The minimum Gasteiger partial charge on any atom is -0.382 e. The van der Waals surface area contributed by atoms with Gasteiger partial charge in [-0.05, 0) is 26.7 Å². The van der Waals surface area contributed by atoms with E-state index in [4.69, 9.17) is 9.47 Å². The highest BCUT2D eigenvalue weighted by Crippen LogP contribution is 2.15. The van der Waals surface area contributed by atoms with Crippen molar-refractivity contribution in [3.63, 3.8) is 0 Å². The van der Waals surface area contributed by atoms with Crippen molar-refractivity contribution in [2.75, 3.05) is 33.4 Å². The number of methoxy groups -OCH3 is 1. The summed E-state index contributed by atoms with van der Waals surface area (Å²) in [5, 5.41) is 8.38. The zero-order chi connectivity index (χ0) is 14.4. The Kier molecular flexibility index (Phi) is 5.94. The van der Waals surface area contributed by atoms with Gasteiger partial charge in [0, 0.05) is 32.8 Å². The lowest BCUT2D eigenvalue weighted by Crippen LogP contribution is -2.37. The van der Waals surface area contributed by atoms with Crippen LogP contribution in [0.3, 0.4) is 0 Å². The van der Waals surface area contributed by atoms with Crippen molar-refractivity contribution in [1.82, 2.24) is 19.9 Å². The van der Waals surface area contributed by atoms with Crippen LogP contribution in [0.4, 0.5) is 0 Å². The van der Waals surface area contributed by atoms with E-state index in [1.807, 2.05) is 10.9 Å². The normalized spacial score (nSPS) is 18.0. The van der Waals surface area contributed by atoms with Crippen LogP contribution in [0.15, 0.2) is 6.20 Å². The molecule has 20 heavy (non-hydrogen) atoms. The molecule has 1 aliphatic heterocycles. The molecule has 0 radical (unpaired) electrons. The number of ether oxygens (including phenoxy) is 2. The molecule has 6 heteroatoms. The van der Waals surface area contributed by atoms with E-state index in [2.05, 4.69) is 29.1 Å². The van der Waals surface area contributed by atoms with Crippen molar-refractivity contribution in [2.45, 2.75) is 45.4 Å². The molecule has 0 aromatic carbocycles. The molecule has 0 unspecified atom stereocenters. The Hall–Kier alpha value is -0.980. The minimum atomic E-state index is 0.371. The second kappa shape index (κ2) is 7.71. The van der Waals surface area contributed by atoms with Gasteiger partial charge < -0.3 is 9.47 Å². The first-order valence-electron chi connectivity index (χ1n) is 7.42. The van der Waals surface area contributed by atoms with Crippen LogP contribution in [0.5, 0.6) is 0 Å². The molecule has 0 N–H and O–H groups in total. The number of nitrogens with zero attached hydrogens (tertiary/aromatic N) is 4. The zero-order valence-corrected chi connectivity index (χ0v) is 12.8. The average molecular weight is 282 g/mol. The standard InChI is InChI=1S/C14H26N4O2/c1-12(2)18-11-13(15-16-18)10-17-6-4-14(5-7-17)20-9-8-19-3/h11-12,14H,4-10H2,1-3H3. The quantitative estimate of drug-likeness (QED) is 0.709. The van der Waals surface area contributed by atoms with Gasteiger partial charge in [0.25, 0.3) is 0 Å². The van der Waals surface area contributed by atoms with Gasteiger partial charge >= 0.3 is 0 Å². The molecule has 0 saturated carbocycles. The fourth-order valence-electron chi connectivity index (χ4n) is 2.40. The number of piperidine rings is 1. The van der Waals surface area contributed by atoms with Gasteiger partial charge in [0.05, 0.1) is 31.2 Å². The van der Waals surface area contributed by atoms with E-state index in [-0.39, 0.29) is 0 Å². The largest absolute Gasteiger partial charge is 0.382 e. The third-order valence-corrected chi connectivity index (χ3v) is 3.65. The maximum Gasteiger partial charge on any atom is 0.0967 e. The Balaban J connectivity index is 1.71. The average Bonchev–Trinajstić information content (AvgIpc) is 2.90. The predicted molar refractivity (Wildman–Crippen MR) is 76.5 cm³/mol. The summed E-state index contributed by atoms with van der Waals surface area (Å²) >= 11 is 0. The van der Waals surface area contributed by atoms with Gasteiger partial charge in [0.2, 0.25) is 0 Å². The maximum atomic E-state index is 5.77. The fourth-order valence-corrected chi connectivity index (χ4v) is 2.40. The third-order valence-electron chi connectivity index (χ3n) is 3.65. The Morgan fingerprint density at radius 3 is 2.65 bits per heavy atom. The number of likely N-dealkylation sites (tertiary alicyclic amines) is 1. The Labute approximate surface area is 121 Å². The first-order valence-corrected chi connectivity index (χ1v) is 7.42. The van der Waals surface area contributed by atoms with Gasteiger partial charge in [-0.3, -0.25) is 4.90 Å². The van der Waals surface area contributed by atoms with Gasteiger partial charge in [0.15, 0.2) is 0 Å². The van der Waals surface area contributed by atoms with E-state index in [0.717, 1.165) is 38.2 Å². The molecule has 1 saturated heterocycles. The van der Waals surface area contributed by atoms with Crippen molar-refractivity contribution in [3.8, 4) is 0 Å². The molecule has 1 aromatic rings. The van der Waals surface area contributed by atoms with E-state index < -0.39 is 0 Å². The zero-order valence-electron chi connectivity index (χ0n) is 12.8. The van der Waals surface area contributed by atoms with Crippen LogP contribution in [-0.4, -0.2) is 59.4 Å². The summed E-state index contributed by atoms with van der Waals surface area (Å²) in [6.07, 6.45) is 4.60. The topological polar surface area (TPSA) is 52.4 Å². The van der Waals surface area contributed by atoms with E-state index in [9.17, 15) is 0 Å². The lowest BCUT2D eigenvalue weighted by atomic mass is 10.1. The molecule has 0 atom stereocenters. The molecule has 0 spiro atoms. The van der Waals surface area contributed by atoms with Crippen molar-refractivity contribution in [1.29, 1.82) is 0 Å². The van der Waals surface area contributed by atoms with Gasteiger partial charge in [0.1, 0.15) is 0 Å². The highest BCUT2D eigenvalue weighted by molar-refractivity contribution is 4.93. The van der Waals surface area contributed by atoms with Crippen molar-refractivity contribution in [3.05, 3.63) is 11.9 Å². The van der Waals surface area contributed by atoms with Crippen LogP contribution in [0.2, 0.25) is 0 Å². The molecule has 2 heterocycles. The molecule has 114 valence electrons. The monoisotopic (exact) mass is 282 g/mol. The van der Waals surface area contributed by atoms with Crippen LogP contribution >= 0.6 is 0 Å². The van der Waals surface area contributed by atoms with Crippen molar-refractivity contribution in [2.24, 2.45) is 0 Å². The first kappa shape index (κ1) is 15.4. The number of aromatic nitrogens is 3. The summed E-state index contributed by atoms with van der Waals surface area (Å²) in [6, 6.07) is 0.371. The summed E-state index contributed by atoms with van der Waals surface area (Å²) < 4.78 is 12.7. The van der Waals surface area contributed by atoms with E-state index in [1.165, 1.54) is 0 Å². The molecule has 1 aliphatic rings. The molecule has 0 bridgehead atoms. The molecule has 1 fully saturated rings. The van der Waals surface area contributed by atoms with E-state index >= 15 is 0 Å². The summed E-state index contributed by atoms with van der Waals surface area (Å²) in [4.78, 5) is 2.42. The molecule has 2 rings (SSSR count). The highest BCUT2D eigenvalue weighted by atomic mass is 16.5. The minimum absolute atomic E-state index is 0.371. The van der Waals surface area contributed by atoms with E-state index in [0.29, 0.717) is 25.4 Å². The molecular formula is C14H26N4O2. The van der Waals surface area contributed by atoms with E-state index in [1.54, 1.807) is 7.11 Å². The summed E-state index contributed by atoms with van der Waals surface area (Å²) in [6.45, 7) is 8.61. The Bertz CT molecular complexity index is 386. The molecule has 0 amide bonds. The van der Waals surface area contributed by atoms with Crippen LogP contribution in [0.1, 0.15) is 38.4 Å². The van der Waals surface area contributed by atoms with Gasteiger partial charge in [-0.2, -0.15) is 0 Å². The lowest BCUT2D eigenvalue weighted by Gasteiger charge is -2.31. The second-order valence-electron chi connectivity index (χ2n) is 5.62. The van der Waals surface area contributed by atoms with Crippen LogP contribution in [-0.2, 0) is 16.0 Å². The van der Waals surface area contributed by atoms with Gasteiger partial charge in [-0.1, -0.05) is 5.21 Å². The fraction of sp³-hybridized carbons (Fsp3) is 0.857. The molecular weight excluding hydrogens is 256 g/mol. The predicted octanol–water partition coefficient (Wildman–Crippen LogP) is 1.49.